The van der Waals surface area contributed by atoms with Crippen molar-refractivity contribution in [2.75, 3.05) is 26.6 Å². The summed E-state index contributed by atoms with van der Waals surface area (Å²) >= 11 is 0. The molecule has 2 atom stereocenters. The minimum absolute atomic E-state index is 0.0299. The number of benzene rings is 2. The summed E-state index contributed by atoms with van der Waals surface area (Å²) in [7, 11) is 4.75. The summed E-state index contributed by atoms with van der Waals surface area (Å²) in [6.07, 6.45) is 0.901. The zero-order valence-electron chi connectivity index (χ0n) is 22.7. The minimum Gasteiger partial charge on any atom is -0.495 e. The number of hydrogen-bond acceptors (Lipinski definition) is 7. The summed E-state index contributed by atoms with van der Waals surface area (Å²) in [5.74, 6) is 2.02. The van der Waals surface area contributed by atoms with Crippen molar-refractivity contribution in [3.05, 3.63) is 94.2 Å². The van der Waals surface area contributed by atoms with Crippen LogP contribution in [0.2, 0.25) is 0 Å². The van der Waals surface area contributed by atoms with E-state index in [1.54, 1.807) is 33.5 Å². The van der Waals surface area contributed by atoms with Crippen LogP contribution in [0.4, 0.5) is 5.69 Å². The fourth-order valence-corrected chi connectivity index (χ4v) is 5.51. The lowest BCUT2D eigenvalue weighted by Crippen LogP contribution is -2.37. The summed E-state index contributed by atoms with van der Waals surface area (Å²) in [5, 5.41) is 6.37. The number of carbonyl (C=O) groups excluding carboxylic acids is 2. The van der Waals surface area contributed by atoms with Crippen LogP contribution in [0, 0.1) is 6.92 Å². The third kappa shape index (κ3) is 4.90. The SMILES string of the molecule is COc1ccccc1NC(=O)C1=C(C)NC2=C(C(=O)C[C@H](c3ccc(OC)c(OC)c3)C2)[C@@H]1c1ccc(C)o1. The Bertz CT molecular complexity index is 1500. The van der Waals surface area contributed by atoms with Crippen molar-refractivity contribution in [3.63, 3.8) is 0 Å². The number of ether oxygens (including phenoxy) is 3. The monoisotopic (exact) mass is 528 g/mol. The molecule has 2 N–H and O–H groups in total. The zero-order chi connectivity index (χ0) is 27.7. The molecule has 8 heteroatoms. The first kappa shape index (κ1) is 26.2. The molecule has 0 radical (unpaired) electrons. The highest BCUT2D eigenvalue weighted by Crippen LogP contribution is 2.47. The molecule has 0 unspecified atom stereocenters. The number of amides is 1. The molecule has 0 bridgehead atoms. The molecule has 2 heterocycles. The van der Waals surface area contributed by atoms with Gasteiger partial charge in [0.25, 0.3) is 5.91 Å². The van der Waals surface area contributed by atoms with E-state index in [1.807, 2.05) is 56.3 Å². The Morgan fingerprint density at radius 2 is 1.67 bits per heavy atom. The van der Waals surface area contributed by atoms with Crippen LogP contribution in [-0.2, 0) is 9.59 Å². The average molecular weight is 529 g/mol. The smallest absolute Gasteiger partial charge is 0.254 e. The molecule has 5 rings (SSSR count). The molecule has 1 aromatic heterocycles. The molecule has 39 heavy (non-hydrogen) atoms. The number of para-hydroxylation sites is 2. The Hall–Kier alpha value is -4.46. The number of furan rings is 1. The van der Waals surface area contributed by atoms with Crippen molar-refractivity contribution in [1.82, 2.24) is 5.32 Å². The third-order valence-electron chi connectivity index (χ3n) is 7.35. The van der Waals surface area contributed by atoms with E-state index in [0.29, 0.717) is 64.1 Å². The fraction of sp³-hybridized carbons (Fsp3) is 0.290. The molecule has 1 amide bonds. The molecular weight excluding hydrogens is 496 g/mol. The highest BCUT2D eigenvalue weighted by molar-refractivity contribution is 6.10. The number of anilines is 1. The lowest BCUT2D eigenvalue weighted by molar-refractivity contribution is -0.116. The highest BCUT2D eigenvalue weighted by atomic mass is 16.5. The number of Topliss-reactive ketones (excluding diaryl/α,β-unsaturated/α-hetero) is 1. The first-order valence-corrected chi connectivity index (χ1v) is 12.8. The molecule has 0 saturated heterocycles. The number of nitrogens with one attached hydrogen (secondary N) is 2. The van der Waals surface area contributed by atoms with Crippen LogP contribution >= 0.6 is 0 Å². The second-order valence-corrected chi connectivity index (χ2v) is 9.73. The van der Waals surface area contributed by atoms with Crippen LogP contribution in [0.3, 0.4) is 0 Å². The van der Waals surface area contributed by atoms with Gasteiger partial charge in [0.2, 0.25) is 0 Å². The van der Waals surface area contributed by atoms with E-state index in [-0.39, 0.29) is 17.6 Å². The molecule has 2 aliphatic rings. The van der Waals surface area contributed by atoms with Crippen molar-refractivity contribution in [1.29, 1.82) is 0 Å². The number of dihydropyridines is 1. The Morgan fingerprint density at radius 1 is 0.923 bits per heavy atom. The maximum atomic E-state index is 13.8. The third-order valence-corrected chi connectivity index (χ3v) is 7.35. The summed E-state index contributed by atoms with van der Waals surface area (Å²) in [6, 6.07) is 16.7. The largest absolute Gasteiger partial charge is 0.495 e. The Kier molecular flexibility index (Phi) is 7.19. The summed E-state index contributed by atoms with van der Waals surface area (Å²) in [5.41, 5.74) is 4.00. The van der Waals surface area contributed by atoms with Crippen molar-refractivity contribution >= 4 is 17.4 Å². The molecule has 0 spiro atoms. The number of hydrogen-bond donors (Lipinski definition) is 2. The number of carbonyl (C=O) groups is 2. The van der Waals surface area contributed by atoms with E-state index in [9.17, 15) is 9.59 Å². The van der Waals surface area contributed by atoms with Crippen molar-refractivity contribution in [3.8, 4) is 17.2 Å². The number of ketones is 1. The second-order valence-electron chi connectivity index (χ2n) is 9.73. The van der Waals surface area contributed by atoms with Gasteiger partial charge in [-0.2, -0.15) is 0 Å². The topological polar surface area (TPSA) is 99.0 Å². The first-order valence-electron chi connectivity index (χ1n) is 12.8. The number of aryl methyl sites for hydroxylation is 1. The van der Waals surface area contributed by atoms with Crippen LogP contribution in [0.25, 0.3) is 0 Å². The fourth-order valence-electron chi connectivity index (χ4n) is 5.51. The predicted octanol–water partition coefficient (Wildman–Crippen LogP) is 5.61. The average Bonchev–Trinajstić information content (AvgIpc) is 3.37. The van der Waals surface area contributed by atoms with Crippen molar-refractivity contribution < 1.29 is 28.2 Å². The maximum absolute atomic E-state index is 13.8. The summed E-state index contributed by atoms with van der Waals surface area (Å²) in [4.78, 5) is 27.6. The Morgan fingerprint density at radius 3 is 2.36 bits per heavy atom. The number of allylic oxidation sites excluding steroid dienone is 3. The van der Waals surface area contributed by atoms with Gasteiger partial charge in [-0.1, -0.05) is 18.2 Å². The Balaban J connectivity index is 1.53. The standard InChI is InChI=1S/C31H32N2O6/c1-17-10-12-26(39-17)30-28(31(35)33-21-8-6-7-9-24(21)36-3)18(2)32-22-14-20(15-23(34)29(22)30)19-11-13-25(37-4)27(16-19)38-5/h6-13,16,20,30,32H,14-15H2,1-5H3,(H,33,35)/t20-,30-/m1/s1. The van der Waals surface area contributed by atoms with Crippen molar-refractivity contribution in [2.24, 2.45) is 0 Å². The van der Waals surface area contributed by atoms with Crippen LogP contribution < -0.4 is 24.8 Å². The van der Waals surface area contributed by atoms with Crippen LogP contribution in [0.15, 0.2) is 81.6 Å². The lowest BCUT2D eigenvalue weighted by atomic mass is 9.73. The maximum Gasteiger partial charge on any atom is 0.254 e. The highest BCUT2D eigenvalue weighted by Gasteiger charge is 2.42. The van der Waals surface area contributed by atoms with E-state index < -0.39 is 5.92 Å². The normalized spacial score (nSPS) is 18.8. The van der Waals surface area contributed by atoms with Crippen molar-refractivity contribution in [2.45, 2.75) is 38.5 Å². The molecule has 8 nitrogen and oxygen atoms in total. The van der Waals surface area contributed by atoms with Gasteiger partial charge in [0.15, 0.2) is 17.3 Å². The van der Waals surface area contributed by atoms with Gasteiger partial charge in [-0.05, 0) is 68.1 Å². The minimum atomic E-state index is -0.636. The summed E-state index contributed by atoms with van der Waals surface area (Å²) in [6.45, 7) is 3.70. The van der Waals surface area contributed by atoms with E-state index in [4.69, 9.17) is 18.6 Å². The van der Waals surface area contributed by atoms with Gasteiger partial charge >= 0.3 is 0 Å². The molecule has 1 aliphatic heterocycles. The number of rotatable bonds is 7. The van der Waals surface area contributed by atoms with Crippen LogP contribution in [0.1, 0.15) is 48.7 Å². The van der Waals surface area contributed by atoms with Gasteiger partial charge in [-0.25, -0.2) is 0 Å². The van der Waals surface area contributed by atoms with Crippen LogP contribution in [0.5, 0.6) is 17.2 Å². The van der Waals surface area contributed by atoms with E-state index in [2.05, 4.69) is 10.6 Å². The van der Waals surface area contributed by atoms with E-state index >= 15 is 0 Å². The van der Waals surface area contributed by atoms with Crippen LogP contribution in [-0.4, -0.2) is 33.0 Å². The number of methoxy groups -OCH3 is 3. The van der Waals surface area contributed by atoms with Gasteiger partial charge in [0, 0.05) is 23.4 Å². The molecule has 1 aliphatic carbocycles. The predicted molar refractivity (Wildman–Crippen MR) is 147 cm³/mol. The molecule has 2 aromatic carbocycles. The van der Waals surface area contributed by atoms with Gasteiger partial charge < -0.3 is 29.3 Å². The molecule has 0 fully saturated rings. The second kappa shape index (κ2) is 10.7. The Labute approximate surface area is 227 Å². The first-order chi connectivity index (χ1) is 18.8. The lowest BCUT2D eigenvalue weighted by Gasteiger charge is -2.36. The van der Waals surface area contributed by atoms with Gasteiger partial charge in [-0.15, -0.1) is 0 Å². The molecular formula is C31H32N2O6. The quantitative estimate of drug-likeness (QED) is 0.411. The van der Waals surface area contributed by atoms with Gasteiger partial charge in [-0.3, -0.25) is 9.59 Å². The summed E-state index contributed by atoms with van der Waals surface area (Å²) < 4.78 is 22.3. The van der Waals surface area contributed by atoms with E-state index in [0.717, 1.165) is 11.3 Å². The van der Waals surface area contributed by atoms with E-state index in [1.165, 1.54) is 0 Å². The molecule has 202 valence electrons. The zero-order valence-corrected chi connectivity index (χ0v) is 22.7. The van der Waals surface area contributed by atoms with Gasteiger partial charge in [0.1, 0.15) is 17.3 Å². The molecule has 0 saturated carbocycles. The molecule has 3 aromatic rings. The van der Waals surface area contributed by atoms with Gasteiger partial charge in [0.05, 0.1) is 38.5 Å².